The first kappa shape index (κ1) is 12.8. The Morgan fingerprint density at radius 2 is 2.05 bits per heavy atom. The van der Waals surface area contributed by atoms with Crippen LogP contribution in [0.5, 0.6) is 5.88 Å². The molecule has 0 aliphatic heterocycles. The number of carbonyl (C=O) groups is 1. The molecule has 0 amide bonds. The van der Waals surface area contributed by atoms with Gasteiger partial charge in [0.25, 0.3) is 5.92 Å². The van der Waals surface area contributed by atoms with Crippen molar-refractivity contribution in [2.75, 3.05) is 7.11 Å². The van der Waals surface area contributed by atoms with E-state index in [1.54, 1.807) is 24.3 Å². The molecule has 1 N–H and O–H groups in total. The number of ether oxygens (including phenoxy) is 1. The van der Waals surface area contributed by atoms with Crippen LogP contribution in [-0.4, -0.2) is 29.1 Å². The number of aliphatic carboxylic acids is 1. The largest absolute Gasteiger partial charge is 0.481 e. The van der Waals surface area contributed by atoms with Gasteiger partial charge in [0.2, 0.25) is 5.88 Å². The van der Waals surface area contributed by atoms with Gasteiger partial charge in [-0.15, -0.1) is 0 Å². The van der Waals surface area contributed by atoms with E-state index in [9.17, 15) is 18.7 Å². The van der Waals surface area contributed by atoms with Crippen LogP contribution in [0.1, 0.15) is 12.0 Å². The fourth-order valence-electron chi connectivity index (χ4n) is 2.49. The van der Waals surface area contributed by atoms with Crippen LogP contribution in [0.4, 0.5) is 8.78 Å². The van der Waals surface area contributed by atoms with Crippen molar-refractivity contribution in [3.05, 3.63) is 35.9 Å². The molecule has 2 aromatic rings. The number of hydrogen-bond donors (Lipinski definition) is 1. The Hall–Kier alpha value is -2.24. The van der Waals surface area contributed by atoms with Gasteiger partial charge in [-0.3, -0.25) is 4.79 Å². The monoisotopic (exact) mass is 279 g/mol. The number of hydrogen-bond acceptors (Lipinski definition) is 3. The third kappa shape index (κ3) is 1.51. The molecule has 0 bridgehead atoms. The van der Waals surface area contributed by atoms with Crippen LogP contribution < -0.4 is 4.74 Å². The maximum absolute atomic E-state index is 13.6. The second kappa shape index (κ2) is 3.88. The predicted molar refractivity (Wildman–Crippen MR) is 67.2 cm³/mol. The zero-order chi connectivity index (χ0) is 14.5. The van der Waals surface area contributed by atoms with Crippen LogP contribution in [0.25, 0.3) is 10.9 Å². The summed E-state index contributed by atoms with van der Waals surface area (Å²) in [7, 11) is 1.29. The maximum Gasteiger partial charge on any atom is 0.320 e. The lowest BCUT2D eigenvalue weighted by Gasteiger charge is -2.15. The summed E-state index contributed by atoms with van der Waals surface area (Å²) in [6.07, 6.45) is -0.730. The molecule has 1 fully saturated rings. The molecule has 1 aromatic carbocycles. The molecule has 1 aliphatic carbocycles. The number of aromatic nitrogens is 1. The smallest absolute Gasteiger partial charge is 0.320 e. The lowest BCUT2D eigenvalue weighted by Crippen LogP contribution is -2.28. The number of para-hydroxylation sites is 1. The van der Waals surface area contributed by atoms with E-state index in [2.05, 4.69) is 4.98 Å². The lowest BCUT2D eigenvalue weighted by molar-refractivity contribution is -0.143. The van der Waals surface area contributed by atoms with E-state index in [4.69, 9.17) is 4.74 Å². The van der Waals surface area contributed by atoms with Crippen molar-refractivity contribution in [3.63, 3.8) is 0 Å². The molecule has 3 rings (SSSR count). The van der Waals surface area contributed by atoms with Crippen molar-refractivity contribution in [1.29, 1.82) is 0 Å². The third-order valence-corrected chi connectivity index (χ3v) is 3.69. The number of alkyl halides is 2. The summed E-state index contributed by atoms with van der Waals surface area (Å²) >= 11 is 0. The molecule has 1 heterocycles. The highest BCUT2D eigenvalue weighted by atomic mass is 19.3. The van der Waals surface area contributed by atoms with Crippen LogP contribution in [0.15, 0.2) is 30.3 Å². The third-order valence-electron chi connectivity index (χ3n) is 3.69. The minimum absolute atomic E-state index is 0.0664. The maximum atomic E-state index is 13.6. The van der Waals surface area contributed by atoms with Crippen molar-refractivity contribution in [2.45, 2.75) is 17.8 Å². The summed E-state index contributed by atoms with van der Waals surface area (Å²) < 4.78 is 32.3. The van der Waals surface area contributed by atoms with Gasteiger partial charge in [0.05, 0.1) is 12.6 Å². The quantitative estimate of drug-likeness (QED) is 0.938. The molecule has 20 heavy (non-hydrogen) atoms. The Morgan fingerprint density at radius 1 is 1.40 bits per heavy atom. The van der Waals surface area contributed by atoms with Gasteiger partial charge >= 0.3 is 5.97 Å². The number of fused-ring (bicyclic) bond motifs is 1. The SMILES string of the molecule is COc1nc2ccccc2cc1C1(C(=O)O)CC1(F)F. The average molecular weight is 279 g/mol. The molecule has 1 unspecified atom stereocenters. The second-order valence-corrected chi connectivity index (χ2v) is 4.83. The number of rotatable bonds is 3. The number of methoxy groups -OCH3 is 1. The first-order valence-corrected chi connectivity index (χ1v) is 5.98. The predicted octanol–water partition coefficient (Wildman–Crippen LogP) is 2.60. The Labute approximate surface area is 113 Å². The lowest BCUT2D eigenvalue weighted by atomic mass is 9.95. The summed E-state index contributed by atoms with van der Waals surface area (Å²) in [6.45, 7) is 0. The van der Waals surface area contributed by atoms with Crippen LogP contribution in [-0.2, 0) is 10.2 Å². The first-order valence-electron chi connectivity index (χ1n) is 5.98. The van der Waals surface area contributed by atoms with Gasteiger partial charge in [0.1, 0.15) is 0 Å². The molecule has 0 radical (unpaired) electrons. The average Bonchev–Trinajstić information content (AvgIpc) is 3.01. The zero-order valence-corrected chi connectivity index (χ0v) is 10.6. The Balaban J connectivity index is 2.28. The summed E-state index contributed by atoms with van der Waals surface area (Å²) in [6, 6.07) is 8.32. The van der Waals surface area contributed by atoms with Crippen molar-refractivity contribution in [1.82, 2.24) is 4.98 Å². The number of nitrogens with zero attached hydrogens (tertiary/aromatic N) is 1. The zero-order valence-electron chi connectivity index (χ0n) is 10.6. The van der Waals surface area contributed by atoms with Crippen molar-refractivity contribution >= 4 is 16.9 Å². The molecular formula is C14H11F2NO3. The van der Waals surface area contributed by atoms with E-state index in [-0.39, 0.29) is 11.4 Å². The summed E-state index contributed by atoms with van der Waals surface area (Å²) in [5, 5.41) is 9.82. The van der Waals surface area contributed by atoms with Crippen LogP contribution in [0.2, 0.25) is 0 Å². The van der Waals surface area contributed by atoms with Gasteiger partial charge in [-0.2, -0.15) is 0 Å². The standard InChI is InChI=1S/C14H11F2NO3/c1-20-11-9(13(12(18)19)7-14(13,15)16)6-8-4-2-3-5-10(8)17-11/h2-6H,7H2,1H3,(H,18,19). The molecule has 1 saturated carbocycles. The molecule has 1 aliphatic rings. The fourth-order valence-corrected chi connectivity index (χ4v) is 2.49. The normalized spacial score (nSPS) is 23.6. The Kier molecular flexibility index (Phi) is 2.48. The summed E-state index contributed by atoms with van der Waals surface area (Å²) in [5.74, 6) is -4.91. The first-order chi connectivity index (χ1) is 9.42. The molecule has 6 heteroatoms. The number of pyridine rings is 1. The van der Waals surface area contributed by atoms with Crippen molar-refractivity contribution in [2.24, 2.45) is 0 Å². The van der Waals surface area contributed by atoms with Gasteiger partial charge in [0.15, 0.2) is 5.41 Å². The van der Waals surface area contributed by atoms with Crippen molar-refractivity contribution in [3.8, 4) is 5.88 Å². The van der Waals surface area contributed by atoms with Gasteiger partial charge in [-0.1, -0.05) is 18.2 Å². The fraction of sp³-hybridized carbons (Fsp3) is 0.286. The van der Waals surface area contributed by atoms with E-state index in [1.165, 1.54) is 13.2 Å². The molecule has 0 saturated heterocycles. The number of halogens is 2. The van der Waals surface area contributed by atoms with Crippen molar-refractivity contribution < 1.29 is 23.4 Å². The molecule has 1 aromatic heterocycles. The van der Waals surface area contributed by atoms with Gasteiger partial charge < -0.3 is 9.84 Å². The summed E-state index contributed by atoms with van der Waals surface area (Å²) in [5.41, 5.74) is -1.73. The number of carboxylic acids is 1. The number of carboxylic acid groups (broad SMARTS) is 1. The minimum atomic E-state index is -3.28. The van der Waals surface area contributed by atoms with Gasteiger partial charge in [0, 0.05) is 17.4 Å². The topological polar surface area (TPSA) is 59.4 Å². The Bertz CT molecular complexity index is 717. The summed E-state index contributed by atoms with van der Waals surface area (Å²) in [4.78, 5) is 15.5. The molecular weight excluding hydrogens is 268 g/mol. The number of benzene rings is 1. The highest BCUT2D eigenvalue weighted by Crippen LogP contribution is 2.63. The molecule has 4 nitrogen and oxygen atoms in total. The highest BCUT2D eigenvalue weighted by Gasteiger charge is 2.78. The van der Waals surface area contributed by atoms with E-state index < -0.39 is 23.7 Å². The second-order valence-electron chi connectivity index (χ2n) is 4.83. The molecule has 104 valence electrons. The minimum Gasteiger partial charge on any atom is -0.481 e. The van der Waals surface area contributed by atoms with E-state index in [0.717, 1.165) is 0 Å². The van der Waals surface area contributed by atoms with Crippen LogP contribution in [0, 0.1) is 0 Å². The molecule has 0 spiro atoms. The highest BCUT2D eigenvalue weighted by molar-refractivity contribution is 5.91. The molecule has 1 atom stereocenters. The van der Waals surface area contributed by atoms with Gasteiger partial charge in [-0.25, -0.2) is 13.8 Å². The van der Waals surface area contributed by atoms with Crippen LogP contribution in [0.3, 0.4) is 0 Å². The van der Waals surface area contributed by atoms with Gasteiger partial charge in [-0.05, 0) is 12.1 Å². The van der Waals surface area contributed by atoms with E-state index in [0.29, 0.717) is 10.9 Å². The Morgan fingerprint density at radius 3 is 2.60 bits per heavy atom. The van der Waals surface area contributed by atoms with E-state index in [1.807, 2.05) is 0 Å². The van der Waals surface area contributed by atoms with Crippen LogP contribution >= 0.6 is 0 Å². The van der Waals surface area contributed by atoms with E-state index >= 15 is 0 Å².